The minimum absolute atomic E-state index is 0. The molecule has 0 fully saturated rings. The van der Waals surface area contributed by atoms with E-state index in [0.717, 1.165) is 25.6 Å². The monoisotopic (exact) mass is 261 g/mol. The molecule has 0 amide bonds. The Hall–Kier alpha value is -0.0505. The minimum Gasteiger partial charge on any atom is -0.464 e. The smallest absolute Gasteiger partial charge is 0.464 e. The largest absolute Gasteiger partial charge is 1.00 e. The zero-order chi connectivity index (χ0) is 11.2. The van der Waals surface area contributed by atoms with Gasteiger partial charge in [-0.05, 0) is 25.6 Å². The summed E-state index contributed by atoms with van der Waals surface area (Å²) in [5, 5.41) is 4.43. The van der Waals surface area contributed by atoms with E-state index in [9.17, 15) is 0 Å². The first-order chi connectivity index (χ1) is 6.39. The average Bonchev–Trinajstić information content (AvgIpc) is 2.03. The van der Waals surface area contributed by atoms with Gasteiger partial charge in [0, 0.05) is 6.67 Å². The van der Waals surface area contributed by atoms with E-state index in [0.29, 0.717) is 0 Å². The van der Waals surface area contributed by atoms with E-state index in [1.807, 2.05) is 6.92 Å². The molecule has 0 radical (unpaired) electrons. The van der Waals surface area contributed by atoms with Gasteiger partial charge in [0.05, 0.1) is 0 Å². The predicted octanol–water partition coefficient (Wildman–Crippen LogP) is 2.87. The number of aliphatic imine (C=N–C) groups is 1. The fourth-order valence-corrected chi connectivity index (χ4v) is 1.15. The molecule has 0 aliphatic heterocycles. The summed E-state index contributed by atoms with van der Waals surface area (Å²) in [6.45, 7) is 15.4. The van der Waals surface area contributed by atoms with Gasteiger partial charge in [0.2, 0.25) is 0 Å². The van der Waals surface area contributed by atoms with E-state index in [1.165, 1.54) is 0 Å². The minimum atomic E-state index is -0.0170. The molecule has 0 aliphatic rings. The number of hydrogen-bond donors (Lipinski definition) is 0. The topological polar surface area (TPSA) is 29.7 Å². The maximum Gasteiger partial charge on any atom is 1.00 e. The first kappa shape index (κ1) is 17.3. The normalized spacial score (nSPS) is 12.6. The molecule has 0 rings (SSSR count). The molecule has 15 heavy (non-hydrogen) atoms. The van der Waals surface area contributed by atoms with Crippen molar-refractivity contribution in [2.75, 3.05) is 19.8 Å². The third kappa shape index (κ3) is 10.2. The van der Waals surface area contributed by atoms with Crippen LogP contribution in [-0.2, 0) is 17.1 Å². The van der Waals surface area contributed by atoms with Crippen LogP contribution in [0.2, 0.25) is 0 Å². The number of amidine groups is 1. The van der Waals surface area contributed by atoms with Crippen molar-refractivity contribution < 1.29 is 17.1 Å². The summed E-state index contributed by atoms with van der Waals surface area (Å²) in [6.07, 6.45) is 0. The molecule has 0 aromatic rings. The van der Waals surface area contributed by atoms with Crippen LogP contribution in [0.1, 0.15) is 41.5 Å². The molecular weight excluding hydrogens is 238 g/mol. The van der Waals surface area contributed by atoms with Crippen molar-refractivity contribution in [1.82, 2.24) is 4.90 Å². The number of nitrogens with zero attached hydrogens (tertiary/aromatic N) is 3. The van der Waals surface area contributed by atoms with Gasteiger partial charge >= 0.3 is 17.1 Å². The van der Waals surface area contributed by atoms with Crippen molar-refractivity contribution in [1.29, 1.82) is 0 Å². The first-order valence-corrected chi connectivity index (χ1v) is 5.35. The van der Waals surface area contributed by atoms with Crippen molar-refractivity contribution >= 4 is 5.84 Å². The predicted molar refractivity (Wildman–Crippen MR) is 64.0 cm³/mol. The van der Waals surface area contributed by atoms with Gasteiger partial charge < -0.3 is 15.2 Å². The van der Waals surface area contributed by atoms with Crippen LogP contribution >= 0.6 is 0 Å². The van der Waals surface area contributed by atoms with E-state index in [1.54, 1.807) is 0 Å². The molecule has 0 N–H and O–H groups in total. The van der Waals surface area contributed by atoms with Gasteiger partial charge in [-0.3, -0.25) is 0 Å². The van der Waals surface area contributed by atoms with E-state index in [-0.39, 0.29) is 22.6 Å². The Labute approximate surface area is 105 Å². The third-order valence-electron chi connectivity index (χ3n) is 1.89. The van der Waals surface area contributed by atoms with Crippen LogP contribution in [0, 0.1) is 0 Å². The molecule has 0 spiro atoms. The SMILES string of the molecule is CCN(CC)C[N-]C(C)=NC(C)(C)C.[Cu+]. The van der Waals surface area contributed by atoms with Crippen molar-refractivity contribution in [2.45, 2.75) is 47.1 Å². The molecule has 94 valence electrons. The quantitative estimate of drug-likeness (QED) is 0.435. The van der Waals surface area contributed by atoms with Gasteiger partial charge in [-0.2, -0.15) is 0 Å². The van der Waals surface area contributed by atoms with Crippen LogP contribution in [0.4, 0.5) is 0 Å². The van der Waals surface area contributed by atoms with Gasteiger partial charge in [-0.25, -0.2) is 0 Å². The maximum atomic E-state index is 4.47. The van der Waals surface area contributed by atoms with Crippen LogP contribution in [0.5, 0.6) is 0 Å². The van der Waals surface area contributed by atoms with Crippen LogP contribution in [-0.4, -0.2) is 36.0 Å². The third-order valence-corrected chi connectivity index (χ3v) is 1.89. The molecule has 0 saturated heterocycles. The second-order valence-corrected chi connectivity index (χ2v) is 4.43. The summed E-state index contributed by atoms with van der Waals surface area (Å²) >= 11 is 0. The van der Waals surface area contributed by atoms with Crippen LogP contribution in [0.3, 0.4) is 0 Å². The fraction of sp³-hybridized carbons (Fsp3) is 0.909. The molecule has 0 aromatic heterocycles. The fourth-order valence-electron chi connectivity index (χ4n) is 1.15. The summed E-state index contributed by atoms with van der Waals surface area (Å²) in [5.41, 5.74) is -0.0170. The summed E-state index contributed by atoms with van der Waals surface area (Å²) in [4.78, 5) is 6.74. The Bertz CT molecular complexity index is 181. The molecule has 0 aromatic carbocycles. The average molecular weight is 262 g/mol. The standard InChI is InChI=1S/C11H24N3.Cu/c1-7-14(8-2)9-12-10(3)13-11(4,5)6;/h7-9H2,1-6H3;/q-1;+1. The molecule has 0 unspecified atom stereocenters. The van der Waals surface area contributed by atoms with Crippen LogP contribution in [0.25, 0.3) is 5.32 Å². The Kier molecular flexibility index (Phi) is 9.42. The van der Waals surface area contributed by atoms with Crippen molar-refractivity contribution in [2.24, 2.45) is 4.99 Å². The molecule has 0 atom stereocenters. The van der Waals surface area contributed by atoms with Crippen LogP contribution < -0.4 is 0 Å². The summed E-state index contributed by atoms with van der Waals surface area (Å²) < 4.78 is 0. The summed E-state index contributed by atoms with van der Waals surface area (Å²) in [7, 11) is 0. The molecule has 4 heteroatoms. The van der Waals surface area contributed by atoms with Crippen LogP contribution in [0.15, 0.2) is 4.99 Å². The first-order valence-electron chi connectivity index (χ1n) is 5.35. The second kappa shape index (κ2) is 8.14. The van der Waals surface area contributed by atoms with Crippen molar-refractivity contribution in [3.05, 3.63) is 5.32 Å². The van der Waals surface area contributed by atoms with Crippen molar-refractivity contribution in [3.63, 3.8) is 0 Å². The van der Waals surface area contributed by atoms with E-state index >= 15 is 0 Å². The van der Waals surface area contributed by atoms with Gasteiger partial charge in [0.15, 0.2) is 0 Å². The van der Waals surface area contributed by atoms with Gasteiger partial charge in [0.25, 0.3) is 0 Å². The Morgan fingerprint density at radius 1 is 1.20 bits per heavy atom. The Morgan fingerprint density at radius 2 is 1.67 bits per heavy atom. The number of rotatable bonds is 4. The zero-order valence-electron chi connectivity index (χ0n) is 10.8. The summed E-state index contributed by atoms with van der Waals surface area (Å²) in [6, 6.07) is 0. The molecular formula is C11H24CuN3. The second-order valence-electron chi connectivity index (χ2n) is 4.43. The molecule has 0 saturated carbocycles. The van der Waals surface area contributed by atoms with E-state index in [2.05, 4.69) is 49.8 Å². The maximum absolute atomic E-state index is 4.47. The molecule has 0 heterocycles. The van der Waals surface area contributed by atoms with E-state index < -0.39 is 0 Å². The molecule has 0 aliphatic carbocycles. The van der Waals surface area contributed by atoms with Crippen molar-refractivity contribution in [3.8, 4) is 0 Å². The van der Waals surface area contributed by atoms with Gasteiger partial charge in [0.1, 0.15) is 0 Å². The zero-order valence-corrected chi connectivity index (χ0v) is 11.7. The number of hydrogen-bond acceptors (Lipinski definition) is 2. The molecule has 3 nitrogen and oxygen atoms in total. The van der Waals surface area contributed by atoms with Gasteiger partial charge in [-0.15, -0.1) is 0 Å². The Balaban J connectivity index is 0. The summed E-state index contributed by atoms with van der Waals surface area (Å²) in [5.74, 6) is 0.893. The molecule has 0 bridgehead atoms. The van der Waals surface area contributed by atoms with E-state index in [4.69, 9.17) is 0 Å². The van der Waals surface area contributed by atoms with Gasteiger partial charge in [-0.1, -0.05) is 40.5 Å². The Morgan fingerprint density at radius 3 is 2.00 bits per heavy atom.